The zero-order chi connectivity index (χ0) is 29.6. The molecule has 0 bridgehead atoms. The quantitative estimate of drug-likeness (QED) is 0.0628. The monoisotopic (exact) mass is 574 g/mol. The average molecular weight is 575 g/mol. The van der Waals surface area contributed by atoms with E-state index < -0.39 is 12.2 Å². The van der Waals surface area contributed by atoms with Crippen molar-refractivity contribution in [3.05, 3.63) is 42.7 Å². The molecule has 0 radical (unpaired) electrons. The first-order valence-corrected chi connectivity index (χ1v) is 16.5. The second kappa shape index (κ2) is 27.6. The van der Waals surface area contributed by atoms with E-state index >= 15 is 0 Å². The molecule has 0 fully saturated rings. The third kappa shape index (κ3) is 24.9. The minimum Gasteiger partial charge on any atom is -0.445 e. The first-order valence-electron chi connectivity index (χ1n) is 16.5. The Labute approximate surface area is 250 Å². The molecule has 0 spiro atoms. The Morgan fingerprint density at radius 1 is 0.585 bits per heavy atom. The Morgan fingerprint density at radius 2 is 0.976 bits per heavy atom. The fourth-order valence-electron chi connectivity index (χ4n) is 4.71. The lowest BCUT2D eigenvalue weighted by molar-refractivity contribution is -0.697. The highest BCUT2D eigenvalue weighted by atomic mass is 16.6. The Hall–Kier alpha value is -2.57. The van der Waals surface area contributed by atoms with E-state index in [1.807, 2.05) is 18.2 Å². The molecule has 0 saturated carbocycles. The molecule has 0 aliphatic heterocycles. The lowest BCUT2D eigenvalue weighted by atomic mass is 10.0. The van der Waals surface area contributed by atoms with Crippen molar-refractivity contribution in [1.29, 1.82) is 0 Å². The zero-order valence-electron chi connectivity index (χ0n) is 26.1. The molecular weight excluding hydrogens is 514 g/mol. The van der Waals surface area contributed by atoms with Gasteiger partial charge in [-0.1, -0.05) is 116 Å². The van der Waals surface area contributed by atoms with Crippen LogP contribution < -0.4 is 15.2 Å². The maximum atomic E-state index is 11.9. The predicted molar refractivity (Wildman–Crippen MR) is 168 cm³/mol. The van der Waals surface area contributed by atoms with Crippen molar-refractivity contribution >= 4 is 12.2 Å². The number of rotatable bonds is 27. The number of hydrogen-bond acceptors (Lipinski definition) is 4. The third-order valence-electron chi connectivity index (χ3n) is 7.25. The zero-order valence-corrected chi connectivity index (χ0v) is 26.1. The molecule has 234 valence electrons. The van der Waals surface area contributed by atoms with E-state index in [0.717, 1.165) is 38.6 Å². The molecule has 0 aliphatic rings. The summed E-state index contributed by atoms with van der Waals surface area (Å²) in [5.41, 5.74) is 0.539. The van der Waals surface area contributed by atoms with E-state index in [4.69, 9.17) is 9.47 Å². The molecule has 0 unspecified atom stereocenters. The van der Waals surface area contributed by atoms with E-state index in [-0.39, 0.29) is 13.2 Å². The number of aryl methyl sites for hydroxylation is 1. The largest absolute Gasteiger partial charge is 0.445 e. The average Bonchev–Trinajstić information content (AvgIpc) is 2.98. The van der Waals surface area contributed by atoms with E-state index in [2.05, 4.69) is 41.1 Å². The number of ether oxygens (including phenoxy) is 2. The van der Waals surface area contributed by atoms with Gasteiger partial charge in [-0.25, -0.2) is 14.2 Å². The molecule has 2 amide bonds. The van der Waals surface area contributed by atoms with Gasteiger partial charge >= 0.3 is 12.2 Å². The minimum atomic E-state index is -0.475. The number of alkyl carbamates (subject to hydrolysis) is 2. The summed E-state index contributed by atoms with van der Waals surface area (Å²) in [5.74, 6) is 0. The number of pyridine rings is 1. The van der Waals surface area contributed by atoms with Crippen LogP contribution in [-0.4, -0.2) is 38.5 Å². The van der Waals surface area contributed by atoms with Gasteiger partial charge < -0.3 is 20.1 Å². The molecule has 0 atom stereocenters. The fourth-order valence-corrected chi connectivity index (χ4v) is 4.71. The molecule has 7 nitrogen and oxygen atoms in total. The maximum absolute atomic E-state index is 11.9. The van der Waals surface area contributed by atoms with E-state index in [1.165, 1.54) is 89.9 Å². The van der Waals surface area contributed by atoms with Crippen molar-refractivity contribution < 1.29 is 23.6 Å². The number of amides is 2. The van der Waals surface area contributed by atoms with Crippen LogP contribution >= 0.6 is 0 Å². The molecule has 1 aromatic heterocycles. The summed E-state index contributed by atoms with van der Waals surface area (Å²) >= 11 is 0. The van der Waals surface area contributed by atoms with Gasteiger partial charge in [0.25, 0.3) is 0 Å². The molecular formula is C34H60N3O4+. The molecule has 1 heterocycles. The topological polar surface area (TPSA) is 80.5 Å². The van der Waals surface area contributed by atoms with Crippen LogP contribution in [0.15, 0.2) is 42.7 Å². The van der Waals surface area contributed by atoms with Crippen LogP contribution in [0.1, 0.15) is 129 Å². The summed E-state index contributed by atoms with van der Waals surface area (Å²) in [4.78, 5) is 23.7. The highest BCUT2D eigenvalue weighted by Crippen LogP contribution is 2.13. The predicted octanol–water partition coefficient (Wildman–Crippen LogP) is 8.41. The van der Waals surface area contributed by atoms with E-state index in [0.29, 0.717) is 18.7 Å². The normalized spacial score (nSPS) is 10.8. The molecule has 0 aromatic carbocycles. The van der Waals surface area contributed by atoms with Gasteiger partial charge in [-0.05, 0) is 24.8 Å². The van der Waals surface area contributed by atoms with Crippen LogP contribution in [0.3, 0.4) is 0 Å². The number of nitrogens with one attached hydrogen (secondary N) is 2. The van der Waals surface area contributed by atoms with Crippen molar-refractivity contribution in [3.63, 3.8) is 0 Å². The Bertz CT molecular complexity index is 772. The van der Waals surface area contributed by atoms with Crippen molar-refractivity contribution in [1.82, 2.24) is 10.6 Å². The van der Waals surface area contributed by atoms with Crippen molar-refractivity contribution in [3.8, 4) is 0 Å². The molecule has 2 N–H and O–H groups in total. The van der Waals surface area contributed by atoms with Gasteiger partial charge in [0.15, 0.2) is 12.4 Å². The lowest BCUT2D eigenvalue weighted by Gasteiger charge is -2.10. The van der Waals surface area contributed by atoms with Gasteiger partial charge in [-0.15, -0.1) is 0 Å². The standard InChI is InChI=1S/C34H59N3O4/c1-3-4-5-6-7-8-9-10-11-12-13-14-15-16-17-20-25-35-33(38)40-30-32(2)31-41-34(39)36-26-21-18-22-27-37-28-23-19-24-29-37/h19,23-24,28-29H,2-18,20-22,25-27,30-31H2,1H3,(H-,35,36,38,39)/p+1. The van der Waals surface area contributed by atoms with Gasteiger partial charge in [-0.3, -0.25) is 0 Å². The first kappa shape index (κ1) is 36.5. The number of carbonyl (C=O) groups is 2. The van der Waals surface area contributed by atoms with Crippen LogP contribution in [0.25, 0.3) is 0 Å². The van der Waals surface area contributed by atoms with Gasteiger partial charge in [0, 0.05) is 31.6 Å². The molecule has 0 saturated heterocycles. The lowest BCUT2D eigenvalue weighted by Crippen LogP contribution is -2.32. The molecule has 1 rings (SSSR count). The number of unbranched alkanes of at least 4 members (excludes halogenated alkanes) is 17. The molecule has 41 heavy (non-hydrogen) atoms. The third-order valence-corrected chi connectivity index (χ3v) is 7.25. The van der Waals surface area contributed by atoms with E-state index in [9.17, 15) is 9.59 Å². The summed E-state index contributed by atoms with van der Waals surface area (Å²) in [6.07, 6.45) is 27.4. The summed E-state index contributed by atoms with van der Waals surface area (Å²) in [5, 5.41) is 5.53. The SMILES string of the molecule is C=C(COC(=O)NCCCCCCCCCCCCCCCCCC)COC(=O)NCCCCC[n+]1ccccc1. The molecule has 0 aliphatic carbocycles. The highest BCUT2D eigenvalue weighted by Gasteiger charge is 2.06. The van der Waals surface area contributed by atoms with Crippen molar-refractivity contribution in [2.45, 2.75) is 135 Å². The van der Waals surface area contributed by atoms with Gasteiger partial charge in [0.2, 0.25) is 0 Å². The summed E-state index contributed by atoms with van der Waals surface area (Å²) in [6, 6.07) is 6.04. The summed E-state index contributed by atoms with van der Waals surface area (Å²) < 4.78 is 12.5. The number of carbonyl (C=O) groups excluding carboxylic acids is 2. The van der Waals surface area contributed by atoms with Crippen molar-refractivity contribution in [2.75, 3.05) is 26.3 Å². The van der Waals surface area contributed by atoms with Crippen LogP contribution in [0.2, 0.25) is 0 Å². The number of hydrogen-bond donors (Lipinski definition) is 2. The van der Waals surface area contributed by atoms with Crippen LogP contribution in [-0.2, 0) is 16.0 Å². The Balaban J connectivity index is 1.81. The van der Waals surface area contributed by atoms with Gasteiger partial charge in [-0.2, -0.15) is 0 Å². The maximum Gasteiger partial charge on any atom is 0.407 e. The number of nitrogens with zero attached hydrogens (tertiary/aromatic N) is 1. The van der Waals surface area contributed by atoms with Crippen LogP contribution in [0.4, 0.5) is 9.59 Å². The van der Waals surface area contributed by atoms with Crippen molar-refractivity contribution in [2.24, 2.45) is 0 Å². The molecule has 1 aromatic rings. The van der Waals surface area contributed by atoms with Gasteiger partial charge in [0.05, 0.1) is 0 Å². The number of aromatic nitrogens is 1. The highest BCUT2D eigenvalue weighted by molar-refractivity contribution is 5.68. The van der Waals surface area contributed by atoms with E-state index in [1.54, 1.807) is 0 Å². The minimum absolute atomic E-state index is 0.0306. The smallest absolute Gasteiger partial charge is 0.407 e. The van der Waals surface area contributed by atoms with Crippen LogP contribution in [0.5, 0.6) is 0 Å². The van der Waals surface area contributed by atoms with Gasteiger partial charge in [0.1, 0.15) is 19.8 Å². The summed E-state index contributed by atoms with van der Waals surface area (Å²) in [6.45, 7) is 8.32. The second-order valence-corrected chi connectivity index (χ2v) is 11.2. The van der Waals surface area contributed by atoms with Crippen LogP contribution in [0, 0.1) is 0 Å². The summed E-state index contributed by atoms with van der Waals surface area (Å²) in [7, 11) is 0. The Morgan fingerprint density at radius 3 is 1.41 bits per heavy atom. The fraction of sp³-hybridized carbons (Fsp3) is 0.735. The first-order chi connectivity index (χ1) is 20.1. The Kier molecular flexibility index (Phi) is 24.5. The second-order valence-electron chi connectivity index (χ2n) is 11.2. The molecule has 7 heteroatoms.